The van der Waals surface area contributed by atoms with Gasteiger partial charge < -0.3 is 19.1 Å². The number of benzene rings is 1. The van der Waals surface area contributed by atoms with E-state index in [-0.39, 0.29) is 5.97 Å². The molecule has 0 bridgehead atoms. The molecule has 1 aromatic heterocycles. The summed E-state index contributed by atoms with van der Waals surface area (Å²) in [6.45, 7) is 10.3. The summed E-state index contributed by atoms with van der Waals surface area (Å²) < 4.78 is 16.4. The predicted molar refractivity (Wildman–Crippen MR) is 137 cm³/mol. The van der Waals surface area contributed by atoms with Crippen LogP contribution in [0.4, 0.5) is 5.82 Å². The van der Waals surface area contributed by atoms with Gasteiger partial charge >= 0.3 is 5.97 Å². The van der Waals surface area contributed by atoms with Gasteiger partial charge in [0.1, 0.15) is 18.2 Å². The SMILES string of the molecule is CCCCOCCOc1ccc(-c2cnc3c(c2)/C=C(/C(=O)OC)CCCN3CC(C)C)cc1. The molecule has 0 radical (unpaired) electrons. The monoisotopic (exact) mass is 466 g/mol. The number of hydrogen-bond acceptors (Lipinski definition) is 6. The molecule has 1 aliphatic heterocycles. The van der Waals surface area contributed by atoms with Gasteiger partial charge in [-0.15, -0.1) is 0 Å². The van der Waals surface area contributed by atoms with Crippen molar-refractivity contribution in [3.05, 3.63) is 47.7 Å². The molecule has 0 amide bonds. The van der Waals surface area contributed by atoms with Gasteiger partial charge in [0.15, 0.2) is 0 Å². The highest BCUT2D eigenvalue weighted by atomic mass is 16.5. The van der Waals surface area contributed by atoms with Crippen molar-refractivity contribution in [1.29, 1.82) is 0 Å². The third-order valence-electron chi connectivity index (χ3n) is 5.76. The zero-order valence-electron chi connectivity index (χ0n) is 21.0. The predicted octanol–water partition coefficient (Wildman–Crippen LogP) is 5.76. The largest absolute Gasteiger partial charge is 0.491 e. The summed E-state index contributed by atoms with van der Waals surface area (Å²) in [6, 6.07) is 10.1. The first-order valence-corrected chi connectivity index (χ1v) is 12.4. The van der Waals surface area contributed by atoms with E-state index >= 15 is 0 Å². The number of esters is 1. The van der Waals surface area contributed by atoms with Crippen LogP contribution in [-0.4, -0.2) is 51.0 Å². The Morgan fingerprint density at radius 3 is 2.62 bits per heavy atom. The van der Waals surface area contributed by atoms with E-state index in [1.54, 1.807) is 0 Å². The van der Waals surface area contributed by atoms with Gasteiger partial charge in [-0.25, -0.2) is 9.78 Å². The van der Waals surface area contributed by atoms with Crippen LogP contribution >= 0.6 is 0 Å². The first kappa shape index (κ1) is 25.8. The van der Waals surface area contributed by atoms with Crippen molar-refractivity contribution in [3.8, 4) is 16.9 Å². The number of rotatable bonds is 11. The van der Waals surface area contributed by atoms with Crippen LogP contribution in [0.3, 0.4) is 0 Å². The number of carbonyl (C=O) groups is 1. The van der Waals surface area contributed by atoms with E-state index in [4.69, 9.17) is 19.2 Å². The molecule has 0 saturated heterocycles. The fourth-order valence-corrected chi connectivity index (χ4v) is 4.05. The summed E-state index contributed by atoms with van der Waals surface area (Å²) in [5.41, 5.74) is 3.69. The topological polar surface area (TPSA) is 60.9 Å². The molecule has 0 spiro atoms. The maximum atomic E-state index is 12.3. The molecule has 0 N–H and O–H groups in total. The lowest BCUT2D eigenvalue weighted by Crippen LogP contribution is -2.31. The van der Waals surface area contributed by atoms with E-state index in [0.29, 0.717) is 31.1 Å². The summed E-state index contributed by atoms with van der Waals surface area (Å²) in [4.78, 5) is 19.5. The second kappa shape index (κ2) is 13.1. The quantitative estimate of drug-likeness (QED) is 0.310. The normalized spacial score (nSPS) is 15.2. The number of fused-ring (bicyclic) bond motifs is 1. The molecular formula is C28H38N2O4. The van der Waals surface area contributed by atoms with Gasteiger partial charge in [0.05, 0.1) is 13.7 Å². The zero-order chi connectivity index (χ0) is 24.3. The molecule has 3 rings (SSSR count). The molecule has 0 aliphatic carbocycles. The van der Waals surface area contributed by atoms with Crippen LogP contribution in [0.1, 0.15) is 52.0 Å². The summed E-state index contributed by atoms with van der Waals surface area (Å²) >= 11 is 0. The Labute approximate surface area is 203 Å². The number of carbonyl (C=O) groups excluding carboxylic acids is 1. The van der Waals surface area contributed by atoms with Gasteiger partial charge in [0.2, 0.25) is 0 Å². The van der Waals surface area contributed by atoms with Crippen molar-refractivity contribution >= 4 is 17.9 Å². The lowest BCUT2D eigenvalue weighted by atomic mass is 9.99. The fourth-order valence-electron chi connectivity index (χ4n) is 4.05. The van der Waals surface area contributed by atoms with E-state index in [1.807, 2.05) is 36.5 Å². The molecule has 2 aromatic rings. The second-order valence-electron chi connectivity index (χ2n) is 9.08. The summed E-state index contributed by atoms with van der Waals surface area (Å²) in [5.74, 6) is 1.98. The average Bonchev–Trinajstić information content (AvgIpc) is 2.83. The van der Waals surface area contributed by atoms with Crippen LogP contribution in [0, 0.1) is 5.92 Å². The van der Waals surface area contributed by atoms with Crippen LogP contribution in [0.15, 0.2) is 42.1 Å². The van der Waals surface area contributed by atoms with E-state index < -0.39 is 0 Å². The Bertz CT molecular complexity index is 953. The Balaban J connectivity index is 1.79. The molecular weight excluding hydrogens is 428 g/mol. The molecule has 6 nitrogen and oxygen atoms in total. The molecule has 0 fully saturated rings. The molecule has 0 unspecified atom stereocenters. The number of methoxy groups -OCH3 is 1. The van der Waals surface area contributed by atoms with E-state index in [0.717, 1.165) is 67.2 Å². The van der Waals surface area contributed by atoms with Gasteiger partial charge in [-0.2, -0.15) is 0 Å². The van der Waals surface area contributed by atoms with Crippen LogP contribution in [0.5, 0.6) is 5.75 Å². The number of aromatic nitrogens is 1. The summed E-state index contributed by atoms with van der Waals surface area (Å²) in [7, 11) is 1.43. The smallest absolute Gasteiger partial charge is 0.333 e. The summed E-state index contributed by atoms with van der Waals surface area (Å²) in [5, 5.41) is 0. The molecule has 1 aliphatic rings. The lowest BCUT2D eigenvalue weighted by Gasteiger charge is -2.29. The highest BCUT2D eigenvalue weighted by Gasteiger charge is 2.20. The van der Waals surface area contributed by atoms with Crippen molar-refractivity contribution in [2.24, 2.45) is 5.92 Å². The van der Waals surface area contributed by atoms with Gasteiger partial charge in [0, 0.05) is 42.6 Å². The van der Waals surface area contributed by atoms with E-state index in [1.165, 1.54) is 7.11 Å². The van der Waals surface area contributed by atoms with Crippen LogP contribution in [0.2, 0.25) is 0 Å². The molecule has 34 heavy (non-hydrogen) atoms. The third kappa shape index (κ3) is 7.32. The average molecular weight is 467 g/mol. The number of ether oxygens (including phenoxy) is 3. The van der Waals surface area contributed by atoms with Crippen LogP contribution < -0.4 is 9.64 Å². The maximum absolute atomic E-state index is 12.3. The number of anilines is 1. The minimum absolute atomic E-state index is 0.270. The van der Waals surface area contributed by atoms with Crippen molar-refractivity contribution in [3.63, 3.8) is 0 Å². The first-order chi connectivity index (χ1) is 16.5. The maximum Gasteiger partial charge on any atom is 0.333 e. The summed E-state index contributed by atoms with van der Waals surface area (Å²) in [6.07, 6.45) is 7.66. The number of unbranched alkanes of at least 4 members (excludes halogenated alkanes) is 1. The number of nitrogens with zero attached hydrogens (tertiary/aromatic N) is 2. The van der Waals surface area contributed by atoms with Crippen LogP contribution in [0.25, 0.3) is 17.2 Å². The van der Waals surface area contributed by atoms with Gasteiger partial charge in [-0.05, 0) is 55.0 Å². The minimum atomic E-state index is -0.270. The molecule has 1 aromatic carbocycles. The molecule has 184 valence electrons. The zero-order valence-corrected chi connectivity index (χ0v) is 21.0. The van der Waals surface area contributed by atoms with Gasteiger partial charge in [-0.3, -0.25) is 0 Å². The van der Waals surface area contributed by atoms with E-state index in [9.17, 15) is 4.79 Å². The number of hydrogen-bond donors (Lipinski definition) is 0. The minimum Gasteiger partial charge on any atom is -0.491 e. The standard InChI is InChI=1S/C28H38N2O4/c1-5-6-14-33-15-16-34-26-11-9-22(10-12-26)25-18-24-17-23(28(31)32-4)8-7-13-30(20-21(2)3)27(24)29-19-25/h9-12,17-19,21H,5-8,13-16,20H2,1-4H3/b23-17+. The highest BCUT2D eigenvalue weighted by molar-refractivity contribution is 5.95. The molecule has 6 heteroatoms. The molecule has 0 atom stereocenters. The van der Waals surface area contributed by atoms with Crippen molar-refractivity contribution in [2.75, 3.05) is 44.9 Å². The fraction of sp³-hybridized carbons (Fsp3) is 0.500. The Morgan fingerprint density at radius 1 is 1.12 bits per heavy atom. The first-order valence-electron chi connectivity index (χ1n) is 12.4. The lowest BCUT2D eigenvalue weighted by molar-refractivity contribution is -0.136. The number of pyridine rings is 1. The van der Waals surface area contributed by atoms with Crippen molar-refractivity contribution in [1.82, 2.24) is 4.98 Å². The Hall–Kier alpha value is -2.86. The van der Waals surface area contributed by atoms with Crippen LogP contribution in [-0.2, 0) is 14.3 Å². The highest BCUT2D eigenvalue weighted by Crippen LogP contribution is 2.31. The van der Waals surface area contributed by atoms with E-state index in [2.05, 4.69) is 31.7 Å². The Kier molecular flexibility index (Phi) is 9.95. The van der Waals surface area contributed by atoms with Crippen molar-refractivity contribution < 1.29 is 19.0 Å². The Morgan fingerprint density at radius 2 is 1.91 bits per heavy atom. The second-order valence-corrected chi connectivity index (χ2v) is 9.08. The van der Waals surface area contributed by atoms with Gasteiger partial charge in [-0.1, -0.05) is 39.3 Å². The third-order valence-corrected chi connectivity index (χ3v) is 5.76. The van der Waals surface area contributed by atoms with Gasteiger partial charge in [0.25, 0.3) is 0 Å². The molecule has 0 saturated carbocycles. The van der Waals surface area contributed by atoms with Crippen molar-refractivity contribution in [2.45, 2.75) is 46.5 Å². The molecule has 2 heterocycles.